The van der Waals surface area contributed by atoms with Gasteiger partial charge in [-0.05, 0) is 43.9 Å². The van der Waals surface area contributed by atoms with Crippen LogP contribution in [0.1, 0.15) is 23.6 Å². The Bertz CT molecular complexity index is 417. The van der Waals surface area contributed by atoms with Crippen LogP contribution >= 0.6 is 0 Å². The fourth-order valence-electron chi connectivity index (χ4n) is 2.00. The van der Waals surface area contributed by atoms with E-state index < -0.39 is 0 Å². The fourth-order valence-corrected chi connectivity index (χ4v) is 2.00. The monoisotopic (exact) mass is 190 g/mol. The Balaban J connectivity index is 2.62. The summed E-state index contributed by atoms with van der Waals surface area (Å²) in [5, 5.41) is 19.2. The maximum Gasteiger partial charge on any atom is 0.161 e. The molecule has 2 heteroatoms. The summed E-state index contributed by atoms with van der Waals surface area (Å²) in [6.07, 6.45) is 3.78. The molecule has 0 radical (unpaired) electrons. The zero-order valence-electron chi connectivity index (χ0n) is 8.46. The van der Waals surface area contributed by atoms with Gasteiger partial charge in [0.1, 0.15) is 0 Å². The Morgan fingerprint density at radius 3 is 2.57 bits per heavy atom. The average Bonchev–Trinajstić information content (AvgIpc) is 2.14. The van der Waals surface area contributed by atoms with Gasteiger partial charge in [0.25, 0.3) is 0 Å². The van der Waals surface area contributed by atoms with Crippen molar-refractivity contribution in [1.82, 2.24) is 0 Å². The highest BCUT2D eigenvalue weighted by Crippen LogP contribution is 2.37. The van der Waals surface area contributed by atoms with E-state index in [0.717, 1.165) is 29.5 Å². The topological polar surface area (TPSA) is 40.5 Å². The van der Waals surface area contributed by atoms with Crippen LogP contribution in [0.25, 0.3) is 0 Å². The molecular formula is C12H14O2. The molecule has 0 saturated heterocycles. The van der Waals surface area contributed by atoms with Crippen LogP contribution < -0.4 is 0 Å². The molecule has 0 heterocycles. The first-order valence-corrected chi connectivity index (χ1v) is 4.78. The number of hydrogen-bond acceptors (Lipinski definition) is 2. The summed E-state index contributed by atoms with van der Waals surface area (Å²) in [5.41, 5.74) is 4.35. The van der Waals surface area contributed by atoms with Crippen molar-refractivity contribution in [3.05, 3.63) is 34.4 Å². The average molecular weight is 190 g/mol. The smallest absolute Gasteiger partial charge is 0.161 e. The van der Waals surface area contributed by atoms with Gasteiger partial charge in [-0.25, -0.2) is 0 Å². The minimum absolute atomic E-state index is 0.00375. The number of aromatic hydroxyl groups is 2. The molecule has 1 aromatic carbocycles. The highest BCUT2D eigenvalue weighted by atomic mass is 16.3. The second kappa shape index (κ2) is 3.05. The fraction of sp³-hybridized carbons (Fsp3) is 0.333. The van der Waals surface area contributed by atoms with E-state index in [4.69, 9.17) is 0 Å². The van der Waals surface area contributed by atoms with Gasteiger partial charge in [0.05, 0.1) is 0 Å². The first-order valence-electron chi connectivity index (χ1n) is 4.78. The molecule has 0 aromatic heterocycles. The SMILES string of the molecule is CC1=CCc2c(C)cc(O)c(O)c2C1. The van der Waals surface area contributed by atoms with Gasteiger partial charge < -0.3 is 10.2 Å². The lowest BCUT2D eigenvalue weighted by molar-refractivity contribution is 0.398. The highest BCUT2D eigenvalue weighted by Gasteiger charge is 2.17. The highest BCUT2D eigenvalue weighted by molar-refractivity contribution is 5.55. The Morgan fingerprint density at radius 2 is 1.86 bits per heavy atom. The number of allylic oxidation sites excluding steroid dienone is 2. The third-order valence-corrected chi connectivity index (χ3v) is 2.83. The summed E-state index contributed by atoms with van der Waals surface area (Å²) in [4.78, 5) is 0. The zero-order valence-corrected chi connectivity index (χ0v) is 8.46. The summed E-state index contributed by atoms with van der Waals surface area (Å²) in [7, 11) is 0. The van der Waals surface area contributed by atoms with Gasteiger partial charge in [0.15, 0.2) is 11.5 Å². The predicted octanol–water partition coefficient (Wildman–Crippen LogP) is 2.45. The molecule has 0 atom stereocenters. The molecule has 1 aliphatic carbocycles. The van der Waals surface area contributed by atoms with Gasteiger partial charge in [-0.1, -0.05) is 11.6 Å². The second-order valence-electron chi connectivity index (χ2n) is 3.95. The first kappa shape index (κ1) is 9.13. The lowest BCUT2D eigenvalue weighted by atomic mass is 9.88. The van der Waals surface area contributed by atoms with Gasteiger partial charge in [-0.2, -0.15) is 0 Å². The number of benzene rings is 1. The molecule has 0 fully saturated rings. The minimum Gasteiger partial charge on any atom is -0.504 e. The van der Waals surface area contributed by atoms with Crippen LogP contribution in [0.15, 0.2) is 17.7 Å². The third-order valence-electron chi connectivity index (χ3n) is 2.83. The van der Waals surface area contributed by atoms with Crippen LogP contribution in [0, 0.1) is 6.92 Å². The van der Waals surface area contributed by atoms with Crippen molar-refractivity contribution in [3.8, 4) is 11.5 Å². The van der Waals surface area contributed by atoms with Gasteiger partial charge in [0, 0.05) is 5.56 Å². The Kier molecular flexibility index (Phi) is 1.99. The molecule has 0 saturated carbocycles. The maximum atomic E-state index is 9.71. The molecule has 2 nitrogen and oxygen atoms in total. The van der Waals surface area contributed by atoms with Crippen molar-refractivity contribution in [2.45, 2.75) is 26.7 Å². The van der Waals surface area contributed by atoms with Crippen LogP contribution in [0.3, 0.4) is 0 Å². The largest absolute Gasteiger partial charge is 0.504 e. The van der Waals surface area contributed by atoms with E-state index in [2.05, 4.69) is 6.08 Å². The van der Waals surface area contributed by atoms with Crippen molar-refractivity contribution in [3.63, 3.8) is 0 Å². The number of rotatable bonds is 0. The van der Waals surface area contributed by atoms with E-state index in [1.165, 1.54) is 5.57 Å². The van der Waals surface area contributed by atoms with E-state index in [-0.39, 0.29) is 11.5 Å². The lowest BCUT2D eigenvalue weighted by Gasteiger charge is -2.19. The number of hydrogen-bond donors (Lipinski definition) is 2. The quantitative estimate of drug-likeness (QED) is 0.487. The predicted molar refractivity (Wildman–Crippen MR) is 55.7 cm³/mol. The summed E-state index contributed by atoms with van der Waals surface area (Å²) in [6.45, 7) is 4.01. The van der Waals surface area contributed by atoms with Gasteiger partial charge in [0.2, 0.25) is 0 Å². The van der Waals surface area contributed by atoms with Gasteiger partial charge in [-0.3, -0.25) is 0 Å². The number of aryl methyl sites for hydroxylation is 1. The molecule has 0 spiro atoms. The molecule has 0 aliphatic heterocycles. The molecule has 2 rings (SSSR count). The molecule has 74 valence electrons. The van der Waals surface area contributed by atoms with Gasteiger partial charge in [-0.15, -0.1) is 0 Å². The molecule has 2 N–H and O–H groups in total. The molecule has 1 aromatic rings. The Morgan fingerprint density at radius 1 is 1.14 bits per heavy atom. The molecule has 0 unspecified atom stereocenters. The first-order chi connectivity index (χ1) is 6.59. The third kappa shape index (κ3) is 1.27. The lowest BCUT2D eigenvalue weighted by Crippen LogP contribution is -2.04. The van der Waals surface area contributed by atoms with Crippen LogP contribution in [-0.4, -0.2) is 10.2 Å². The van der Waals surface area contributed by atoms with Crippen molar-refractivity contribution >= 4 is 0 Å². The molecule has 14 heavy (non-hydrogen) atoms. The van der Waals surface area contributed by atoms with Crippen LogP contribution in [0.2, 0.25) is 0 Å². The minimum atomic E-state index is -0.00375. The van der Waals surface area contributed by atoms with E-state index in [9.17, 15) is 10.2 Å². The summed E-state index contributed by atoms with van der Waals surface area (Å²) < 4.78 is 0. The van der Waals surface area contributed by atoms with Crippen molar-refractivity contribution in [2.24, 2.45) is 0 Å². The van der Waals surface area contributed by atoms with Gasteiger partial charge >= 0.3 is 0 Å². The molecule has 1 aliphatic rings. The van der Waals surface area contributed by atoms with Crippen LogP contribution in [-0.2, 0) is 12.8 Å². The number of phenolic OH excluding ortho intramolecular Hbond substituents is 2. The number of phenols is 2. The van der Waals surface area contributed by atoms with E-state index in [1.807, 2.05) is 13.8 Å². The molecular weight excluding hydrogens is 176 g/mol. The van der Waals surface area contributed by atoms with Crippen LogP contribution in [0.4, 0.5) is 0 Å². The molecule has 0 bridgehead atoms. The van der Waals surface area contributed by atoms with Crippen molar-refractivity contribution < 1.29 is 10.2 Å². The van der Waals surface area contributed by atoms with Crippen molar-refractivity contribution in [1.29, 1.82) is 0 Å². The normalized spacial score (nSPS) is 14.9. The van der Waals surface area contributed by atoms with E-state index in [0.29, 0.717) is 0 Å². The van der Waals surface area contributed by atoms with Crippen molar-refractivity contribution in [2.75, 3.05) is 0 Å². The zero-order chi connectivity index (χ0) is 10.3. The Labute approximate surface area is 83.5 Å². The maximum absolute atomic E-state index is 9.71. The van der Waals surface area contributed by atoms with E-state index >= 15 is 0 Å². The summed E-state index contributed by atoms with van der Waals surface area (Å²) >= 11 is 0. The van der Waals surface area contributed by atoms with E-state index in [1.54, 1.807) is 6.07 Å². The van der Waals surface area contributed by atoms with Crippen LogP contribution in [0.5, 0.6) is 11.5 Å². The summed E-state index contributed by atoms with van der Waals surface area (Å²) in [5.74, 6) is 0.0500. The molecule has 0 amide bonds. The number of fused-ring (bicyclic) bond motifs is 1. The second-order valence-corrected chi connectivity index (χ2v) is 3.95. The Hall–Kier alpha value is -1.44. The summed E-state index contributed by atoms with van der Waals surface area (Å²) in [6, 6.07) is 1.63. The standard InChI is InChI=1S/C12H14O2/c1-7-3-4-9-8(2)6-11(13)12(14)10(9)5-7/h3,6,13-14H,4-5H2,1-2H3.